The van der Waals surface area contributed by atoms with E-state index in [1.807, 2.05) is 0 Å². The third-order valence-electron chi connectivity index (χ3n) is 1.55. The molecule has 0 amide bonds. The first-order valence-corrected chi connectivity index (χ1v) is 3.42. The van der Waals surface area contributed by atoms with Crippen LogP contribution in [0.15, 0.2) is 0 Å². The van der Waals surface area contributed by atoms with Crippen molar-refractivity contribution in [1.82, 2.24) is 9.78 Å². The second-order valence-corrected chi connectivity index (χ2v) is 2.58. The first-order chi connectivity index (χ1) is 6.25. The van der Waals surface area contributed by atoms with E-state index in [0.717, 1.165) is 7.05 Å². The lowest BCUT2D eigenvalue weighted by molar-refractivity contribution is -0.142. The number of nitrogen functional groups attached to an aromatic ring is 1. The van der Waals surface area contributed by atoms with Gasteiger partial charge in [0.2, 0.25) is 5.69 Å². The molecule has 1 aromatic heterocycles. The topological polar surface area (TPSA) is 87.9 Å². The van der Waals surface area contributed by atoms with E-state index >= 15 is 0 Å². The van der Waals surface area contributed by atoms with E-state index in [9.17, 15) is 13.2 Å². The van der Waals surface area contributed by atoms with E-state index in [4.69, 9.17) is 16.2 Å². The first kappa shape index (κ1) is 10.4. The standard InChI is InChI=1S/C6H7F3N4O/c1-13-2(5(10)11)3(14)4(12-13)6(7,8)9/h14H,1H3,(H3,10,11). The smallest absolute Gasteiger partial charge is 0.438 e. The fourth-order valence-electron chi connectivity index (χ4n) is 1.01. The minimum Gasteiger partial charge on any atom is -0.504 e. The zero-order valence-electron chi connectivity index (χ0n) is 7.05. The van der Waals surface area contributed by atoms with Crippen LogP contribution in [0.2, 0.25) is 0 Å². The molecule has 0 unspecified atom stereocenters. The van der Waals surface area contributed by atoms with Crippen LogP contribution in [0.5, 0.6) is 5.75 Å². The minimum absolute atomic E-state index is 0.447. The van der Waals surface area contributed by atoms with Gasteiger partial charge >= 0.3 is 6.18 Å². The van der Waals surface area contributed by atoms with Gasteiger partial charge in [-0.2, -0.15) is 18.3 Å². The van der Waals surface area contributed by atoms with Crippen LogP contribution in [-0.2, 0) is 13.2 Å². The molecule has 14 heavy (non-hydrogen) atoms. The molecule has 1 rings (SSSR count). The number of halogens is 3. The molecular weight excluding hydrogens is 201 g/mol. The Bertz CT molecular complexity index is 381. The Kier molecular flexibility index (Phi) is 2.14. The van der Waals surface area contributed by atoms with E-state index in [-0.39, 0.29) is 0 Å². The molecule has 8 heteroatoms. The van der Waals surface area contributed by atoms with Crippen molar-refractivity contribution in [2.24, 2.45) is 12.8 Å². The number of nitrogens with two attached hydrogens (primary N) is 1. The highest BCUT2D eigenvalue weighted by molar-refractivity contribution is 5.96. The van der Waals surface area contributed by atoms with Crippen LogP contribution in [0.4, 0.5) is 13.2 Å². The molecule has 0 atom stereocenters. The van der Waals surface area contributed by atoms with Gasteiger partial charge in [0.05, 0.1) is 0 Å². The fraction of sp³-hybridized carbons (Fsp3) is 0.333. The van der Waals surface area contributed by atoms with E-state index in [0.29, 0.717) is 4.68 Å². The summed E-state index contributed by atoms with van der Waals surface area (Å²) in [6.45, 7) is 0. The maximum atomic E-state index is 12.2. The molecule has 1 aromatic rings. The van der Waals surface area contributed by atoms with Crippen molar-refractivity contribution in [3.8, 4) is 5.75 Å². The van der Waals surface area contributed by atoms with Crippen molar-refractivity contribution in [3.05, 3.63) is 11.4 Å². The first-order valence-electron chi connectivity index (χ1n) is 3.42. The Hall–Kier alpha value is -1.73. The molecule has 1 heterocycles. The number of amidine groups is 1. The van der Waals surface area contributed by atoms with Gasteiger partial charge in [0.15, 0.2) is 5.75 Å². The summed E-state index contributed by atoms with van der Waals surface area (Å²) in [5.74, 6) is -1.79. The Morgan fingerprint density at radius 3 is 2.29 bits per heavy atom. The molecular formula is C6H7F3N4O. The largest absolute Gasteiger partial charge is 0.504 e. The molecule has 0 radical (unpaired) electrons. The van der Waals surface area contributed by atoms with Gasteiger partial charge in [0, 0.05) is 7.05 Å². The van der Waals surface area contributed by atoms with Gasteiger partial charge in [-0.1, -0.05) is 0 Å². The van der Waals surface area contributed by atoms with Gasteiger partial charge in [-0.3, -0.25) is 10.1 Å². The molecule has 0 aliphatic rings. The van der Waals surface area contributed by atoms with Crippen LogP contribution in [0.3, 0.4) is 0 Å². The highest BCUT2D eigenvalue weighted by Crippen LogP contribution is 2.36. The number of hydrogen-bond acceptors (Lipinski definition) is 3. The maximum Gasteiger partial charge on any atom is 0.438 e. The zero-order chi connectivity index (χ0) is 11.1. The SMILES string of the molecule is Cn1nc(C(F)(F)F)c(O)c1C(=N)N. The maximum absolute atomic E-state index is 12.2. The molecule has 0 aliphatic heterocycles. The molecule has 78 valence electrons. The quantitative estimate of drug-likeness (QED) is 0.462. The number of nitrogens with one attached hydrogen (secondary N) is 1. The van der Waals surface area contributed by atoms with Gasteiger partial charge in [0.1, 0.15) is 11.5 Å². The number of nitrogens with zero attached hydrogens (tertiary/aromatic N) is 2. The number of rotatable bonds is 1. The van der Waals surface area contributed by atoms with Gasteiger partial charge in [-0.05, 0) is 0 Å². The minimum atomic E-state index is -4.75. The Balaban J connectivity index is 3.39. The molecule has 0 aliphatic carbocycles. The summed E-state index contributed by atoms with van der Waals surface area (Å²) in [4.78, 5) is 0. The molecule has 4 N–H and O–H groups in total. The summed E-state index contributed by atoms with van der Waals surface area (Å²) in [7, 11) is 1.16. The van der Waals surface area contributed by atoms with Gasteiger partial charge in [0.25, 0.3) is 0 Å². The van der Waals surface area contributed by atoms with Crippen molar-refractivity contribution in [1.29, 1.82) is 5.41 Å². The van der Waals surface area contributed by atoms with Crippen LogP contribution < -0.4 is 5.73 Å². The summed E-state index contributed by atoms with van der Waals surface area (Å²) in [6.07, 6.45) is -4.75. The molecule has 0 fully saturated rings. The number of alkyl halides is 3. The lowest BCUT2D eigenvalue weighted by Crippen LogP contribution is -2.15. The molecule has 0 bridgehead atoms. The predicted molar refractivity (Wildman–Crippen MR) is 40.9 cm³/mol. The second-order valence-electron chi connectivity index (χ2n) is 2.58. The Labute approximate surface area is 76.4 Å². The molecule has 0 saturated carbocycles. The van der Waals surface area contributed by atoms with Crippen LogP contribution in [0.1, 0.15) is 11.4 Å². The number of aromatic hydroxyl groups is 1. The van der Waals surface area contributed by atoms with Crippen molar-refractivity contribution >= 4 is 5.84 Å². The predicted octanol–water partition coefficient (Wildman–Crippen LogP) is 0.429. The van der Waals surface area contributed by atoms with Crippen LogP contribution in [0.25, 0.3) is 0 Å². The normalized spacial score (nSPS) is 11.7. The third-order valence-corrected chi connectivity index (χ3v) is 1.55. The Morgan fingerprint density at radius 2 is 2.07 bits per heavy atom. The van der Waals surface area contributed by atoms with E-state index < -0.39 is 29.1 Å². The third kappa shape index (κ3) is 1.50. The monoisotopic (exact) mass is 208 g/mol. The fourth-order valence-corrected chi connectivity index (χ4v) is 1.01. The summed E-state index contributed by atoms with van der Waals surface area (Å²) in [5, 5.41) is 19.0. The molecule has 0 spiro atoms. The zero-order valence-corrected chi connectivity index (χ0v) is 7.05. The van der Waals surface area contributed by atoms with Gasteiger partial charge < -0.3 is 10.8 Å². The lowest BCUT2D eigenvalue weighted by Gasteiger charge is -2.01. The van der Waals surface area contributed by atoms with Gasteiger partial charge in [-0.15, -0.1) is 0 Å². The van der Waals surface area contributed by atoms with E-state index in [1.54, 1.807) is 0 Å². The average molecular weight is 208 g/mol. The van der Waals surface area contributed by atoms with Crippen LogP contribution in [0, 0.1) is 5.41 Å². The number of aryl methyl sites for hydroxylation is 1. The van der Waals surface area contributed by atoms with Crippen molar-refractivity contribution < 1.29 is 18.3 Å². The van der Waals surface area contributed by atoms with Crippen LogP contribution in [-0.4, -0.2) is 20.7 Å². The summed E-state index contributed by atoms with van der Waals surface area (Å²) >= 11 is 0. The lowest BCUT2D eigenvalue weighted by atomic mass is 10.3. The summed E-state index contributed by atoms with van der Waals surface area (Å²) in [5.41, 5.74) is 3.08. The summed E-state index contributed by atoms with van der Waals surface area (Å²) in [6, 6.07) is 0. The highest BCUT2D eigenvalue weighted by Gasteiger charge is 2.39. The van der Waals surface area contributed by atoms with Gasteiger partial charge in [-0.25, -0.2) is 0 Å². The van der Waals surface area contributed by atoms with Crippen molar-refractivity contribution in [2.45, 2.75) is 6.18 Å². The van der Waals surface area contributed by atoms with Crippen molar-refractivity contribution in [2.75, 3.05) is 0 Å². The molecule has 5 nitrogen and oxygen atoms in total. The summed E-state index contributed by atoms with van der Waals surface area (Å²) < 4.78 is 37.2. The number of aromatic nitrogens is 2. The average Bonchev–Trinajstić information content (AvgIpc) is 2.24. The van der Waals surface area contributed by atoms with E-state index in [1.165, 1.54) is 0 Å². The van der Waals surface area contributed by atoms with Crippen LogP contribution >= 0.6 is 0 Å². The number of hydrogen-bond donors (Lipinski definition) is 3. The Morgan fingerprint density at radius 1 is 1.57 bits per heavy atom. The molecule has 0 aromatic carbocycles. The van der Waals surface area contributed by atoms with Crippen molar-refractivity contribution in [3.63, 3.8) is 0 Å². The molecule has 0 saturated heterocycles. The van der Waals surface area contributed by atoms with E-state index in [2.05, 4.69) is 5.10 Å². The highest BCUT2D eigenvalue weighted by atomic mass is 19.4. The second kappa shape index (κ2) is 2.89.